The number of rotatable bonds is 1. The minimum Gasteiger partial charge on any atom is -0.298 e. The van der Waals surface area contributed by atoms with Crippen molar-refractivity contribution in [2.45, 2.75) is 83.3 Å². The summed E-state index contributed by atoms with van der Waals surface area (Å²) in [5.41, 5.74) is 0. The third-order valence-corrected chi connectivity index (χ3v) is 5.98. The lowest BCUT2D eigenvalue weighted by atomic mass is 9.90. The number of hydrogen-bond acceptors (Lipinski definition) is 2. The van der Waals surface area contributed by atoms with Crippen LogP contribution in [0, 0.1) is 5.92 Å². The fourth-order valence-electron chi connectivity index (χ4n) is 4.80. The fourth-order valence-corrected chi connectivity index (χ4v) is 4.80. The normalized spacial score (nSPS) is 42.6. The Morgan fingerprint density at radius 2 is 1.58 bits per heavy atom. The van der Waals surface area contributed by atoms with Gasteiger partial charge in [0, 0.05) is 31.2 Å². The maximum Gasteiger partial charge on any atom is 0.0224 e. The second kappa shape index (κ2) is 6.13. The fraction of sp³-hybridized carbons (Fsp3) is 1.00. The second-order valence-corrected chi connectivity index (χ2v) is 7.37. The van der Waals surface area contributed by atoms with Crippen LogP contribution in [0.4, 0.5) is 0 Å². The van der Waals surface area contributed by atoms with Crippen molar-refractivity contribution in [3.8, 4) is 0 Å². The maximum atomic E-state index is 2.91. The summed E-state index contributed by atoms with van der Waals surface area (Å²) in [7, 11) is 0. The van der Waals surface area contributed by atoms with E-state index in [0.717, 1.165) is 24.0 Å². The molecule has 0 bridgehead atoms. The molecule has 1 saturated carbocycles. The van der Waals surface area contributed by atoms with Crippen molar-refractivity contribution < 1.29 is 0 Å². The first-order chi connectivity index (χ1) is 9.25. The Hall–Kier alpha value is -0.0800. The first kappa shape index (κ1) is 13.9. The Morgan fingerprint density at radius 3 is 2.47 bits per heavy atom. The van der Waals surface area contributed by atoms with E-state index in [4.69, 9.17) is 0 Å². The van der Waals surface area contributed by atoms with E-state index in [2.05, 4.69) is 23.6 Å². The quantitative estimate of drug-likeness (QED) is 0.669. The molecule has 0 aromatic rings. The molecule has 4 atom stereocenters. The van der Waals surface area contributed by atoms with Gasteiger partial charge in [-0.25, -0.2) is 0 Å². The average molecular weight is 264 g/mol. The van der Waals surface area contributed by atoms with Crippen molar-refractivity contribution in [2.75, 3.05) is 19.6 Å². The molecule has 0 amide bonds. The van der Waals surface area contributed by atoms with Gasteiger partial charge in [-0.2, -0.15) is 0 Å². The Labute approximate surface area is 119 Å². The van der Waals surface area contributed by atoms with E-state index in [-0.39, 0.29) is 0 Å². The molecule has 110 valence electrons. The minimum absolute atomic E-state index is 0.778. The van der Waals surface area contributed by atoms with Gasteiger partial charge in [-0.05, 0) is 45.1 Å². The molecule has 3 aliphatic rings. The van der Waals surface area contributed by atoms with Crippen molar-refractivity contribution in [3.05, 3.63) is 0 Å². The van der Waals surface area contributed by atoms with E-state index in [0.29, 0.717) is 0 Å². The molecule has 2 nitrogen and oxygen atoms in total. The molecule has 2 saturated heterocycles. The lowest BCUT2D eigenvalue weighted by molar-refractivity contribution is -0.0217. The smallest absolute Gasteiger partial charge is 0.0224 e. The van der Waals surface area contributed by atoms with Gasteiger partial charge in [0.05, 0.1) is 0 Å². The second-order valence-electron chi connectivity index (χ2n) is 7.37. The van der Waals surface area contributed by atoms with Crippen LogP contribution < -0.4 is 0 Å². The summed E-state index contributed by atoms with van der Waals surface area (Å²) in [5, 5.41) is 0. The Kier molecular flexibility index (Phi) is 4.48. The van der Waals surface area contributed by atoms with Crippen LogP contribution >= 0.6 is 0 Å². The summed E-state index contributed by atoms with van der Waals surface area (Å²) in [6.45, 7) is 9.03. The average Bonchev–Trinajstić information content (AvgIpc) is 2.63. The number of piperidine rings is 1. The summed E-state index contributed by atoms with van der Waals surface area (Å²) in [4.78, 5) is 5.69. The summed E-state index contributed by atoms with van der Waals surface area (Å²) >= 11 is 0. The number of nitrogens with zero attached hydrogens (tertiary/aromatic N) is 2. The molecule has 19 heavy (non-hydrogen) atoms. The highest BCUT2D eigenvalue weighted by molar-refractivity contribution is 4.93. The van der Waals surface area contributed by atoms with Crippen LogP contribution in [-0.4, -0.2) is 47.6 Å². The number of piperazine rings is 1. The predicted octanol–water partition coefficient (Wildman–Crippen LogP) is 3.51. The largest absolute Gasteiger partial charge is 0.298 e. The summed E-state index contributed by atoms with van der Waals surface area (Å²) in [5.74, 6) is 0.917. The predicted molar refractivity (Wildman–Crippen MR) is 81.4 cm³/mol. The first-order valence-electron chi connectivity index (χ1n) is 8.75. The highest BCUT2D eigenvalue weighted by Gasteiger charge is 2.37. The first-order valence-corrected chi connectivity index (χ1v) is 8.75. The third kappa shape index (κ3) is 3.00. The van der Waals surface area contributed by atoms with Crippen LogP contribution in [0.2, 0.25) is 0 Å². The van der Waals surface area contributed by atoms with Gasteiger partial charge in [-0.3, -0.25) is 9.80 Å². The van der Waals surface area contributed by atoms with Crippen LogP contribution in [0.1, 0.15) is 65.2 Å². The van der Waals surface area contributed by atoms with Gasteiger partial charge >= 0.3 is 0 Å². The molecule has 2 heteroatoms. The van der Waals surface area contributed by atoms with Crippen molar-refractivity contribution >= 4 is 0 Å². The van der Waals surface area contributed by atoms with Gasteiger partial charge in [0.25, 0.3) is 0 Å². The third-order valence-electron chi connectivity index (χ3n) is 5.98. The molecule has 2 heterocycles. The molecule has 0 aromatic heterocycles. The molecule has 3 fully saturated rings. The standard InChI is InChI=1S/C17H32N2/c1-14-8-4-3-5-10-17(14)19-13-16-9-6-7-11-18(16)12-15(19)2/h14-17H,3-13H2,1-2H3. The number of hydrogen-bond donors (Lipinski definition) is 0. The molecule has 4 unspecified atom stereocenters. The van der Waals surface area contributed by atoms with Gasteiger partial charge in [-0.15, -0.1) is 0 Å². The van der Waals surface area contributed by atoms with Gasteiger partial charge < -0.3 is 0 Å². The Balaban J connectivity index is 1.68. The molecule has 0 spiro atoms. The Bertz CT molecular complexity index is 291. The van der Waals surface area contributed by atoms with Gasteiger partial charge in [0.15, 0.2) is 0 Å². The van der Waals surface area contributed by atoms with E-state index in [9.17, 15) is 0 Å². The van der Waals surface area contributed by atoms with Crippen LogP contribution in [0.25, 0.3) is 0 Å². The van der Waals surface area contributed by atoms with Crippen LogP contribution in [-0.2, 0) is 0 Å². The van der Waals surface area contributed by atoms with Gasteiger partial charge in [0.2, 0.25) is 0 Å². The SMILES string of the molecule is CC1CCCCCC1N1CC2CCCCN2CC1C. The van der Waals surface area contributed by atoms with Crippen molar-refractivity contribution in [2.24, 2.45) is 5.92 Å². The van der Waals surface area contributed by atoms with Crippen LogP contribution in [0.3, 0.4) is 0 Å². The summed E-state index contributed by atoms with van der Waals surface area (Å²) in [6.07, 6.45) is 11.7. The van der Waals surface area contributed by atoms with Crippen LogP contribution in [0.5, 0.6) is 0 Å². The zero-order valence-electron chi connectivity index (χ0n) is 13.0. The molecule has 1 aliphatic carbocycles. The van der Waals surface area contributed by atoms with Crippen LogP contribution in [0.15, 0.2) is 0 Å². The monoisotopic (exact) mass is 264 g/mol. The molecule has 0 aromatic carbocycles. The van der Waals surface area contributed by atoms with Crippen molar-refractivity contribution in [1.82, 2.24) is 9.80 Å². The van der Waals surface area contributed by atoms with E-state index in [1.54, 1.807) is 0 Å². The molecular weight excluding hydrogens is 232 g/mol. The van der Waals surface area contributed by atoms with Crippen molar-refractivity contribution in [3.63, 3.8) is 0 Å². The van der Waals surface area contributed by atoms with E-state index >= 15 is 0 Å². The zero-order chi connectivity index (χ0) is 13.2. The molecular formula is C17H32N2. The van der Waals surface area contributed by atoms with E-state index in [1.807, 2.05) is 0 Å². The van der Waals surface area contributed by atoms with Gasteiger partial charge in [-0.1, -0.05) is 32.6 Å². The summed E-state index contributed by atoms with van der Waals surface area (Å²) < 4.78 is 0. The lowest BCUT2D eigenvalue weighted by Gasteiger charge is -2.51. The number of fused-ring (bicyclic) bond motifs is 1. The highest BCUT2D eigenvalue weighted by Crippen LogP contribution is 2.32. The van der Waals surface area contributed by atoms with E-state index in [1.165, 1.54) is 71.0 Å². The molecule has 2 aliphatic heterocycles. The lowest BCUT2D eigenvalue weighted by Crippen LogP contribution is -2.61. The highest BCUT2D eigenvalue weighted by atomic mass is 15.3. The summed E-state index contributed by atoms with van der Waals surface area (Å²) in [6, 6.07) is 2.53. The molecule has 0 radical (unpaired) electrons. The van der Waals surface area contributed by atoms with Gasteiger partial charge in [0.1, 0.15) is 0 Å². The minimum atomic E-state index is 0.778. The molecule has 0 N–H and O–H groups in total. The zero-order valence-corrected chi connectivity index (χ0v) is 13.0. The van der Waals surface area contributed by atoms with E-state index < -0.39 is 0 Å². The molecule has 3 rings (SSSR count). The Morgan fingerprint density at radius 1 is 0.789 bits per heavy atom. The van der Waals surface area contributed by atoms with Crippen molar-refractivity contribution in [1.29, 1.82) is 0 Å². The topological polar surface area (TPSA) is 6.48 Å². The maximum absolute atomic E-state index is 2.91.